The van der Waals surface area contributed by atoms with Crippen LogP contribution in [0.15, 0.2) is 48.5 Å². The van der Waals surface area contributed by atoms with Gasteiger partial charge in [0.1, 0.15) is 11.6 Å². The molecule has 2 saturated heterocycles. The number of benzene rings is 2. The molecule has 1 unspecified atom stereocenters. The van der Waals surface area contributed by atoms with E-state index in [0.717, 1.165) is 5.56 Å². The van der Waals surface area contributed by atoms with Crippen molar-refractivity contribution < 1.29 is 23.1 Å². The summed E-state index contributed by atoms with van der Waals surface area (Å²) in [6.07, 6.45) is 0.763. The highest BCUT2D eigenvalue weighted by Crippen LogP contribution is 2.42. The van der Waals surface area contributed by atoms with Gasteiger partial charge in [0.05, 0.1) is 18.5 Å². The molecule has 0 saturated carbocycles. The third-order valence-corrected chi connectivity index (χ3v) is 5.92. The van der Waals surface area contributed by atoms with Gasteiger partial charge in [0.15, 0.2) is 0 Å². The number of phenols is 1. The Morgan fingerprint density at radius 1 is 1.00 bits per heavy atom. The largest absolute Gasteiger partial charge is 0.508 e. The van der Waals surface area contributed by atoms with Crippen LogP contribution in [0.4, 0.5) is 13.2 Å². The zero-order chi connectivity index (χ0) is 20.6. The highest BCUT2D eigenvalue weighted by Gasteiger charge is 2.49. The fraction of sp³-hybridized carbons (Fsp3) is 0.409. The molecule has 4 nitrogen and oxygen atoms in total. The van der Waals surface area contributed by atoms with Crippen LogP contribution < -0.4 is 0 Å². The molecule has 4 rings (SSSR count). The van der Waals surface area contributed by atoms with Crippen molar-refractivity contribution in [3.63, 3.8) is 0 Å². The number of phenolic OH excluding ortho intramolecular Hbond substituents is 1. The summed E-state index contributed by atoms with van der Waals surface area (Å²) in [5.74, 6) is -4.32. The molecular weight excluding hydrogens is 381 g/mol. The first-order valence-electron chi connectivity index (χ1n) is 9.77. The first-order valence-corrected chi connectivity index (χ1v) is 9.77. The molecule has 0 radical (unpaired) electrons. The summed E-state index contributed by atoms with van der Waals surface area (Å²) < 4.78 is 42.9. The molecule has 0 aromatic heterocycles. The van der Waals surface area contributed by atoms with Gasteiger partial charge in [-0.3, -0.25) is 9.69 Å². The van der Waals surface area contributed by atoms with Crippen molar-refractivity contribution in [2.24, 2.45) is 0 Å². The summed E-state index contributed by atoms with van der Waals surface area (Å²) in [5, 5.41) is 9.39. The van der Waals surface area contributed by atoms with Gasteiger partial charge in [0, 0.05) is 13.1 Å². The third-order valence-electron chi connectivity index (χ3n) is 5.92. The number of likely N-dealkylation sites (tertiary alicyclic amines) is 2. The van der Waals surface area contributed by atoms with E-state index in [1.54, 1.807) is 21.9 Å². The Hall–Kier alpha value is -2.54. The van der Waals surface area contributed by atoms with Crippen LogP contribution in [0.3, 0.4) is 0 Å². The van der Waals surface area contributed by atoms with Crippen LogP contribution in [0.5, 0.6) is 5.75 Å². The van der Waals surface area contributed by atoms with Gasteiger partial charge in [-0.1, -0.05) is 24.3 Å². The van der Waals surface area contributed by atoms with E-state index in [1.807, 2.05) is 0 Å². The number of carbonyl (C=O) groups is 1. The Labute approximate surface area is 167 Å². The van der Waals surface area contributed by atoms with Gasteiger partial charge in [-0.25, -0.2) is 13.2 Å². The van der Waals surface area contributed by atoms with E-state index in [1.165, 1.54) is 36.4 Å². The molecule has 2 fully saturated rings. The second-order valence-corrected chi connectivity index (χ2v) is 7.86. The van der Waals surface area contributed by atoms with Gasteiger partial charge in [0.25, 0.3) is 5.92 Å². The Balaban J connectivity index is 1.41. The number of hydrogen-bond acceptors (Lipinski definition) is 3. The summed E-state index contributed by atoms with van der Waals surface area (Å²) in [7, 11) is 0. The first-order chi connectivity index (χ1) is 13.8. The number of amides is 1. The minimum absolute atomic E-state index is 0.0484. The summed E-state index contributed by atoms with van der Waals surface area (Å²) in [4.78, 5) is 16.1. The molecule has 2 atom stereocenters. The van der Waals surface area contributed by atoms with Crippen LogP contribution in [-0.2, 0) is 11.3 Å². The number of alkyl halides is 2. The average molecular weight is 404 g/mol. The number of aromatic hydroxyl groups is 1. The number of piperidine rings is 1. The Bertz CT molecular complexity index is 871. The van der Waals surface area contributed by atoms with Crippen molar-refractivity contribution in [2.75, 3.05) is 19.6 Å². The van der Waals surface area contributed by atoms with Crippen molar-refractivity contribution >= 4 is 5.91 Å². The minimum atomic E-state index is -2.96. The summed E-state index contributed by atoms with van der Waals surface area (Å²) in [5.41, 5.74) is 1.32. The molecule has 2 heterocycles. The molecule has 29 heavy (non-hydrogen) atoms. The standard InChI is InChI=1S/C22H23F3N2O2/c23-17-5-1-15(2-6-17)13-26-12-10-20(21(26)29)27-11-9-19(22(24,25)14-27)16-3-7-18(28)8-4-16/h1-8,19-20,28H,9-14H2/t19-,20?/m1/s1. The zero-order valence-electron chi connectivity index (χ0n) is 15.9. The maximum atomic E-state index is 14.9. The minimum Gasteiger partial charge on any atom is -0.508 e. The van der Waals surface area contributed by atoms with E-state index in [0.29, 0.717) is 31.6 Å². The second kappa shape index (κ2) is 7.71. The smallest absolute Gasteiger partial charge is 0.267 e. The molecule has 0 aliphatic carbocycles. The van der Waals surface area contributed by atoms with Gasteiger partial charge in [-0.15, -0.1) is 0 Å². The summed E-state index contributed by atoms with van der Waals surface area (Å²) in [6.45, 7) is 0.821. The maximum absolute atomic E-state index is 14.9. The quantitative estimate of drug-likeness (QED) is 0.844. The molecule has 2 aliphatic heterocycles. The lowest BCUT2D eigenvalue weighted by Gasteiger charge is -2.40. The predicted octanol–water partition coefficient (Wildman–Crippen LogP) is 3.76. The van der Waals surface area contributed by atoms with E-state index >= 15 is 0 Å². The van der Waals surface area contributed by atoms with Crippen molar-refractivity contribution in [1.29, 1.82) is 0 Å². The number of halogens is 3. The second-order valence-electron chi connectivity index (χ2n) is 7.86. The number of nitrogens with zero attached hydrogens (tertiary/aromatic N) is 2. The van der Waals surface area contributed by atoms with E-state index in [2.05, 4.69) is 0 Å². The predicted molar refractivity (Wildman–Crippen MR) is 102 cm³/mol. The van der Waals surface area contributed by atoms with E-state index < -0.39 is 24.4 Å². The lowest BCUT2D eigenvalue weighted by Crippen LogP contribution is -2.53. The molecule has 0 bridgehead atoms. The van der Waals surface area contributed by atoms with Crippen LogP contribution in [0.2, 0.25) is 0 Å². The molecule has 2 aromatic carbocycles. The SMILES string of the molecule is O=C1C(N2CC[C@H](c3ccc(O)cc3)C(F)(F)C2)CCN1Cc1ccc(F)cc1. The number of hydrogen-bond donors (Lipinski definition) is 1. The lowest BCUT2D eigenvalue weighted by atomic mass is 9.85. The molecule has 7 heteroatoms. The topological polar surface area (TPSA) is 43.8 Å². The maximum Gasteiger partial charge on any atom is 0.267 e. The molecule has 154 valence electrons. The van der Waals surface area contributed by atoms with Crippen molar-refractivity contribution in [2.45, 2.75) is 37.3 Å². The van der Waals surface area contributed by atoms with Crippen molar-refractivity contribution in [3.05, 3.63) is 65.5 Å². The molecule has 2 aromatic rings. The average Bonchev–Trinajstić information content (AvgIpc) is 3.04. The van der Waals surface area contributed by atoms with Gasteiger partial charge >= 0.3 is 0 Å². The molecular formula is C22H23F3N2O2. The monoisotopic (exact) mass is 404 g/mol. The molecule has 0 spiro atoms. The number of rotatable bonds is 4. The van der Waals surface area contributed by atoms with Gasteiger partial charge < -0.3 is 10.0 Å². The first kappa shape index (κ1) is 19.8. The van der Waals surface area contributed by atoms with Crippen molar-refractivity contribution in [3.8, 4) is 5.75 Å². The van der Waals surface area contributed by atoms with Crippen LogP contribution in [0.25, 0.3) is 0 Å². The molecule has 2 aliphatic rings. The van der Waals surface area contributed by atoms with Crippen molar-refractivity contribution in [1.82, 2.24) is 9.80 Å². The normalized spacial score (nSPS) is 24.8. The van der Waals surface area contributed by atoms with Crippen LogP contribution in [0, 0.1) is 5.82 Å². The van der Waals surface area contributed by atoms with Gasteiger partial charge in [-0.05, 0) is 54.8 Å². The van der Waals surface area contributed by atoms with Crippen LogP contribution >= 0.6 is 0 Å². The fourth-order valence-corrected chi connectivity index (χ4v) is 4.38. The van der Waals surface area contributed by atoms with Gasteiger partial charge in [0.2, 0.25) is 5.91 Å². The Kier molecular flexibility index (Phi) is 5.25. The Morgan fingerprint density at radius 2 is 1.69 bits per heavy atom. The fourth-order valence-electron chi connectivity index (χ4n) is 4.38. The summed E-state index contributed by atoms with van der Waals surface area (Å²) in [6, 6.07) is 11.3. The van der Waals surface area contributed by atoms with E-state index in [4.69, 9.17) is 0 Å². The molecule has 1 amide bonds. The Morgan fingerprint density at radius 3 is 2.34 bits per heavy atom. The van der Waals surface area contributed by atoms with Gasteiger partial charge in [-0.2, -0.15) is 0 Å². The van der Waals surface area contributed by atoms with E-state index in [-0.39, 0.29) is 23.9 Å². The molecule has 1 N–H and O–H groups in total. The highest BCUT2D eigenvalue weighted by atomic mass is 19.3. The number of carbonyl (C=O) groups excluding carboxylic acids is 1. The zero-order valence-corrected chi connectivity index (χ0v) is 15.9. The summed E-state index contributed by atoms with van der Waals surface area (Å²) >= 11 is 0. The van der Waals surface area contributed by atoms with Crippen LogP contribution in [0.1, 0.15) is 29.9 Å². The lowest BCUT2D eigenvalue weighted by molar-refractivity contribution is -0.137. The third kappa shape index (κ3) is 4.10. The van der Waals surface area contributed by atoms with E-state index in [9.17, 15) is 23.1 Å². The highest BCUT2D eigenvalue weighted by molar-refractivity contribution is 5.84. The van der Waals surface area contributed by atoms with Crippen LogP contribution in [-0.4, -0.2) is 52.4 Å².